The molecular weight excluding hydrogens is 174 g/mol. The van der Waals surface area contributed by atoms with Crippen molar-refractivity contribution in [2.24, 2.45) is 0 Å². The molecule has 0 atom stereocenters. The van der Waals surface area contributed by atoms with Gasteiger partial charge in [-0.05, 0) is 12.1 Å². The minimum atomic E-state index is 0.778. The Labute approximate surface area is 83.2 Å². The highest BCUT2D eigenvalue weighted by atomic mass is 15.1. The second kappa shape index (κ2) is 3.54. The first-order valence-electron chi connectivity index (χ1n) is 4.70. The van der Waals surface area contributed by atoms with Crippen molar-refractivity contribution in [3.63, 3.8) is 0 Å². The molecule has 3 nitrogen and oxygen atoms in total. The largest absolute Gasteiger partial charge is 0.397 e. The van der Waals surface area contributed by atoms with Crippen molar-refractivity contribution in [3.8, 4) is 5.69 Å². The number of nitrogens with two attached hydrogens (primary N) is 1. The first-order valence-corrected chi connectivity index (χ1v) is 4.70. The van der Waals surface area contributed by atoms with E-state index in [0.29, 0.717) is 0 Å². The molecule has 2 N–H and O–H groups in total. The minimum absolute atomic E-state index is 0.778. The summed E-state index contributed by atoms with van der Waals surface area (Å²) in [6, 6.07) is 7.80. The molecule has 2 rings (SSSR count). The van der Waals surface area contributed by atoms with Crippen molar-refractivity contribution in [2.45, 2.75) is 13.3 Å². The van der Waals surface area contributed by atoms with Gasteiger partial charge in [-0.25, -0.2) is 4.98 Å². The standard InChI is InChI=1S/C11H13N3/c1-2-11-13-7-8-14(11)10-6-4-3-5-9(10)12/h3-8H,2,12H2,1H3. The molecule has 0 saturated heterocycles. The van der Waals surface area contributed by atoms with E-state index in [0.717, 1.165) is 23.6 Å². The Hall–Kier alpha value is -1.77. The van der Waals surface area contributed by atoms with Crippen molar-refractivity contribution in [1.82, 2.24) is 9.55 Å². The average Bonchev–Trinajstić information content (AvgIpc) is 2.66. The van der Waals surface area contributed by atoms with E-state index in [-0.39, 0.29) is 0 Å². The zero-order chi connectivity index (χ0) is 9.97. The molecule has 0 aliphatic carbocycles. The van der Waals surface area contributed by atoms with Crippen LogP contribution in [0.25, 0.3) is 5.69 Å². The lowest BCUT2D eigenvalue weighted by atomic mass is 10.2. The lowest BCUT2D eigenvalue weighted by Gasteiger charge is -2.08. The van der Waals surface area contributed by atoms with Crippen LogP contribution in [-0.4, -0.2) is 9.55 Å². The number of rotatable bonds is 2. The topological polar surface area (TPSA) is 43.8 Å². The number of hydrogen-bond donors (Lipinski definition) is 1. The SMILES string of the molecule is CCc1nccn1-c1ccccc1N. The van der Waals surface area contributed by atoms with Gasteiger partial charge >= 0.3 is 0 Å². The van der Waals surface area contributed by atoms with Crippen LogP contribution in [0.4, 0.5) is 5.69 Å². The summed E-state index contributed by atoms with van der Waals surface area (Å²) in [6.07, 6.45) is 4.64. The lowest BCUT2D eigenvalue weighted by molar-refractivity contribution is 0.893. The lowest BCUT2D eigenvalue weighted by Crippen LogP contribution is -2.02. The molecule has 0 saturated carbocycles. The van der Waals surface area contributed by atoms with E-state index in [1.54, 1.807) is 6.20 Å². The van der Waals surface area contributed by atoms with Crippen LogP contribution in [0, 0.1) is 0 Å². The van der Waals surface area contributed by atoms with Crippen LogP contribution >= 0.6 is 0 Å². The highest BCUT2D eigenvalue weighted by molar-refractivity contribution is 5.57. The van der Waals surface area contributed by atoms with Gasteiger partial charge in [-0.1, -0.05) is 19.1 Å². The third-order valence-electron chi connectivity index (χ3n) is 2.23. The van der Waals surface area contributed by atoms with Gasteiger partial charge in [0.1, 0.15) is 5.82 Å². The van der Waals surface area contributed by atoms with Crippen molar-refractivity contribution in [2.75, 3.05) is 5.73 Å². The number of anilines is 1. The van der Waals surface area contributed by atoms with E-state index < -0.39 is 0 Å². The van der Waals surface area contributed by atoms with Crippen LogP contribution in [0.15, 0.2) is 36.7 Å². The Bertz CT molecular complexity index is 432. The van der Waals surface area contributed by atoms with E-state index in [4.69, 9.17) is 5.73 Å². The Morgan fingerprint density at radius 3 is 2.86 bits per heavy atom. The molecule has 0 bridgehead atoms. The van der Waals surface area contributed by atoms with Crippen LogP contribution in [-0.2, 0) is 6.42 Å². The number of nitrogens with zero attached hydrogens (tertiary/aromatic N) is 2. The fourth-order valence-electron chi connectivity index (χ4n) is 1.52. The van der Waals surface area contributed by atoms with Gasteiger partial charge in [0.05, 0.1) is 11.4 Å². The molecule has 1 aromatic carbocycles. The van der Waals surface area contributed by atoms with Gasteiger partial charge < -0.3 is 10.3 Å². The molecule has 72 valence electrons. The number of para-hydroxylation sites is 2. The molecule has 14 heavy (non-hydrogen) atoms. The van der Waals surface area contributed by atoms with Crippen molar-refractivity contribution >= 4 is 5.69 Å². The summed E-state index contributed by atoms with van der Waals surface area (Å²) in [4.78, 5) is 4.26. The Kier molecular flexibility index (Phi) is 2.23. The predicted molar refractivity (Wildman–Crippen MR) is 57.4 cm³/mol. The molecule has 0 unspecified atom stereocenters. The van der Waals surface area contributed by atoms with E-state index in [1.165, 1.54) is 0 Å². The summed E-state index contributed by atoms with van der Waals surface area (Å²) in [5, 5.41) is 0. The van der Waals surface area contributed by atoms with Gasteiger partial charge in [0, 0.05) is 18.8 Å². The smallest absolute Gasteiger partial charge is 0.112 e. The van der Waals surface area contributed by atoms with Gasteiger partial charge in [-0.3, -0.25) is 0 Å². The highest BCUT2D eigenvalue weighted by Crippen LogP contribution is 2.17. The second-order valence-electron chi connectivity index (χ2n) is 3.13. The summed E-state index contributed by atoms with van der Waals surface area (Å²) in [5.41, 5.74) is 7.67. The van der Waals surface area contributed by atoms with Crippen LogP contribution < -0.4 is 5.73 Å². The van der Waals surface area contributed by atoms with Crippen molar-refractivity contribution in [3.05, 3.63) is 42.5 Å². The fourth-order valence-corrected chi connectivity index (χ4v) is 1.52. The Morgan fingerprint density at radius 2 is 2.14 bits per heavy atom. The van der Waals surface area contributed by atoms with E-state index >= 15 is 0 Å². The number of benzene rings is 1. The van der Waals surface area contributed by atoms with Crippen LogP contribution in [0.5, 0.6) is 0 Å². The molecule has 0 fully saturated rings. The Balaban J connectivity index is 2.54. The number of nitrogen functional groups attached to an aromatic ring is 1. The number of aromatic nitrogens is 2. The normalized spacial score (nSPS) is 10.4. The fraction of sp³-hybridized carbons (Fsp3) is 0.182. The van der Waals surface area contributed by atoms with Gasteiger partial charge in [0.15, 0.2) is 0 Å². The van der Waals surface area contributed by atoms with Gasteiger partial charge in [0.2, 0.25) is 0 Å². The third-order valence-corrected chi connectivity index (χ3v) is 2.23. The average molecular weight is 187 g/mol. The van der Waals surface area contributed by atoms with E-state index in [1.807, 2.05) is 35.0 Å². The van der Waals surface area contributed by atoms with E-state index in [9.17, 15) is 0 Å². The first kappa shape index (κ1) is 8.81. The van der Waals surface area contributed by atoms with E-state index in [2.05, 4.69) is 11.9 Å². The second-order valence-corrected chi connectivity index (χ2v) is 3.13. The first-order chi connectivity index (χ1) is 6.83. The van der Waals surface area contributed by atoms with Crippen LogP contribution in [0.3, 0.4) is 0 Å². The summed E-state index contributed by atoms with van der Waals surface area (Å²) >= 11 is 0. The molecule has 1 heterocycles. The van der Waals surface area contributed by atoms with Gasteiger partial charge in [-0.15, -0.1) is 0 Å². The highest BCUT2D eigenvalue weighted by Gasteiger charge is 2.04. The zero-order valence-electron chi connectivity index (χ0n) is 8.14. The maximum Gasteiger partial charge on any atom is 0.112 e. The molecule has 0 aliphatic heterocycles. The summed E-state index contributed by atoms with van der Waals surface area (Å²) in [7, 11) is 0. The third kappa shape index (κ3) is 1.37. The van der Waals surface area contributed by atoms with Crippen molar-refractivity contribution in [1.29, 1.82) is 0 Å². The van der Waals surface area contributed by atoms with Crippen molar-refractivity contribution < 1.29 is 0 Å². The number of aryl methyl sites for hydroxylation is 1. The quantitative estimate of drug-likeness (QED) is 0.731. The van der Waals surface area contributed by atoms with Gasteiger partial charge in [0.25, 0.3) is 0 Å². The summed E-state index contributed by atoms with van der Waals surface area (Å²) < 4.78 is 2.02. The minimum Gasteiger partial charge on any atom is -0.397 e. The van der Waals surface area contributed by atoms with Crippen LogP contribution in [0.1, 0.15) is 12.7 Å². The monoisotopic (exact) mass is 187 g/mol. The molecule has 2 aromatic rings. The Morgan fingerprint density at radius 1 is 1.36 bits per heavy atom. The maximum absolute atomic E-state index is 5.89. The maximum atomic E-state index is 5.89. The van der Waals surface area contributed by atoms with Crippen LogP contribution in [0.2, 0.25) is 0 Å². The molecular formula is C11H13N3. The molecule has 0 radical (unpaired) electrons. The molecule has 0 amide bonds. The molecule has 0 spiro atoms. The summed E-state index contributed by atoms with van der Waals surface area (Å²) in [6.45, 7) is 2.08. The molecule has 0 aliphatic rings. The number of hydrogen-bond acceptors (Lipinski definition) is 2. The summed E-state index contributed by atoms with van der Waals surface area (Å²) in [5.74, 6) is 1.03. The van der Waals surface area contributed by atoms with Gasteiger partial charge in [-0.2, -0.15) is 0 Å². The molecule has 3 heteroatoms. The number of imidazole rings is 1. The predicted octanol–water partition coefficient (Wildman–Crippen LogP) is 2.02. The zero-order valence-corrected chi connectivity index (χ0v) is 8.14. The molecule has 1 aromatic heterocycles.